The molecule has 0 aromatic carbocycles. The molecule has 1 saturated heterocycles. The van der Waals surface area contributed by atoms with Gasteiger partial charge in [0, 0.05) is 31.5 Å². The van der Waals surface area contributed by atoms with Crippen molar-refractivity contribution in [3.63, 3.8) is 0 Å². The lowest BCUT2D eigenvalue weighted by Gasteiger charge is -2.34. The summed E-state index contributed by atoms with van der Waals surface area (Å²) < 4.78 is 7.92. The normalized spacial score (nSPS) is 25.0. The number of fused-ring (bicyclic) bond motifs is 1. The Morgan fingerprint density at radius 1 is 1.26 bits per heavy atom. The van der Waals surface area contributed by atoms with Crippen LogP contribution in [0, 0.1) is 6.92 Å². The van der Waals surface area contributed by atoms with Crippen LogP contribution in [0.3, 0.4) is 0 Å². The third-order valence-corrected chi connectivity index (χ3v) is 3.63. The maximum Gasteiger partial charge on any atom is 0.137 e. The number of morpholine rings is 1. The second kappa shape index (κ2) is 4.94. The quantitative estimate of drug-likeness (QED) is 0.828. The molecule has 2 aromatic heterocycles. The van der Waals surface area contributed by atoms with Gasteiger partial charge in [0.15, 0.2) is 0 Å². The largest absolute Gasteiger partial charge is 0.373 e. The molecule has 0 aliphatic carbocycles. The van der Waals surface area contributed by atoms with Gasteiger partial charge in [0.2, 0.25) is 0 Å². The van der Waals surface area contributed by atoms with Crippen LogP contribution in [-0.2, 0) is 11.3 Å². The van der Waals surface area contributed by atoms with E-state index in [0.29, 0.717) is 12.2 Å². The summed E-state index contributed by atoms with van der Waals surface area (Å²) in [5.41, 5.74) is 3.39. The molecule has 1 aliphatic heterocycles. The van der Waals surface area contributed by atoms with E-state index in [1.54, 1.807) is 0 Å². The summed E-state index contributed by atoms with van der Waals surface area (Å²) in [7, 11) is 0. The minimum absolute atomic E-state index is 0.308. The molecular formula is C15H21N3O. The molecule has 0 amide bonds. The van der Waals surface area contributed by atoms with Gasteiger partial charge in [-0.05, 0) is 32.9 Å². The average molecular weight is 259 g/mol. The minimum atomic E-state index is 0.308. The van der Waals surface area contributed by atoms with Crippen molar-refractivity contribution in [1.29, 1.82) is 0 Å². The molecule has 0 radical (unpaired) electrons. The van der Waals surface area contributed by atoms with Gasteiger partial charge in [-0.2, -0.15) is 0 Å². The minimum Gasteiger partial charge on any atom is -0.373 e. The lowest BCUT2D eigenvalue weighted by Crippen LogP contribution is -2.44. The maximum absolute atomic E-state index is 5.76. The van der Waals surface area contributed by atoms with Crippen molar-refractivity contribution < 1.29 is 4.74 Å². The van der Waals surface area contributed by atoms with Crippen molar-refractivity contribution in [3.05, 3.63) is 35.8 Å². The average Bonchev–Trinajstić information content (AvgIpc) is 2.71. The van der Waals surface area contributed by atoms with Crippen molar-refractivity contribution >= 4 is 5.65 Å². The fourth-order valence-corrected chi connectivity index (χ4v) is 2.92. The molecule has 102 valence electrons. The topological polar surface area (TPSA) is 29.8 Å². The number of aryl methyl sites for hydroxylation is 1. The number of rotatable bonds is 2. The molecule has 2 aromatic rings. The summed E-state index contributed by atoms with van der Waals surface area (Å²) in [6.07, 6.45) is 2.76. The Balaban J connectivity index is 1.79. The standard InChI is InChI=1S/C15H21N3O/c1-11-5-4-6-15-16-14(10-18(11)15)9-17-7-12(2)19-13(3)8-17/h4-6,10,12-13H,7-9H2,1-3H3/t12-,13-/m1/s1. The molecule has 1 aliphatic rings. The second-order valence-corrected chi connectivity index (χ2v) is 5.58. The fraction of sp³-hybridized carbons (Fsp3) is 0.533. The molecule has 4 heteroatoms. The summed E-state index contributed by atoms with van der Waals surface area (Å²) in [6, 6.07) is 6.22. The Hall–Kier alpha value is -1.39. The van der Waals surface area contributed by atoms with Crippen LogP contribution < -0.4 is 0 Å². The van der Waals surface area contributed by atoms with E-state index in [4.69, 9.17) is 9.72 Å². The van der Waals surface area contributed by atoms with E-state index >= 15 is 0 Å². The Labute approximate surface area is 114 Å². The van der Waals surface area contributed by atoms with Gasteiger partial charge in [0.25, 0.3) is 0 Å². The second-order valence-electron chi connectivity index (χ2n) is 5.58. The Morgan fingerprint density at radius 2 is 2.00 bits per heavy atom. The van der Waals surface area contributed by atoms with E-state index in [2.05, 4.69) is 54.5 Å². The van der Waals surface area contributed by atoms with Gasteiger partial charge in [-0.1, -0.05) is 6.07 Å². The van der Waals surface area contributed by atoms with Crippen LogP contribution >= 0.6 is 0 Å². The number of hydrogen-bond acceptors (Lipinski definition) is 3. The molecule has 0 saturated carbocycles. The van der Waals surface area contributed by atoms with Gasteiger partial charge >= 0.3 is 0 Å². The SMILES string of the molecule is Cc1cccc2nc(CN3C[C@@H](C)O[C@H](C)C3)cn12. The Morgan fingerprint density at radius 3 is 2.68 bits per heavy atom. The summed E-state index contributed by atoms with van der Waals surface area (Å²) >= 11 is 0. The number of hydrogen-bond donors (Lipinski definition) is 0. The number of aromatic nitrogens is 2. The zero-order chi connectivity index (χ0) is 13.4. The lowest BCUT2D eigenvalue weighted by atomic mass is 10.2. The van der Waals surface area contributed by atoms with Gasteiger partial charge in [-0.3, -0.25) is 4.90 Å². The summed E-state index contributed by atoms with van der Waals surface area (Å²) in [6.45, 7) is 9.25. The molecule has 1 fully saturated rings. The first kappa shape index (κ1) is 12.6. The Kier molecular flexibility index (Phi) is 3.29. The van der Waals surface area contributed by atoms with Gasteiger partial charge in [0.1, 0.15) is 5.65 Å². The van der Waals surface area contributed by atoms with Crippen molar-refractivity contribution in [2.45, 2.75) is 39.5 Å². The van der Waals surface area contributed by atoms with Crippen LogP contribution in [0.15, 0.2) is 24.4 Å². The Bertz CT molecular complexity index is 568. The van der Waals surface area contributed by atoms with Gasteiger partial charge < -0.3 is 9.14 Å². The monoisotopic (exact) mass is 259 g/mol. The third kappa shape index (κ3) is 2.65. The highest BCUT2D eigenvalue weighted by molar-refractivity contribution is 5.41. The highest BCUT2D eigenvalue weighted by Crippen LogP contribution is 2.15. The van der Waals surface area contributed by atoms with Crippen LogP contribution in [-0.4, -0.2) is 39.6 Å². The van der Waals surface area contributed by atoms with E-state index in [-0.39, 0.29) is 0 Å². The molecule has 3 rings (SSSR count). The van der Waals surface area contributed by atoms with E-state index < -0.39 is 0 Å². The summed E-state index contributed by atoms with van der Waals surface area (Å²) in [5, 5.41) is 0. The number of imidazole rings is 1. The molecule has 0 N–H and O–H groups in total. The molecule has 4 nitrogen and oxygen atoms in total. The number of ether oxygens (including phenoxy) is 1. The van der Waals surface area contributed by atoms with Gasteiger partial charge in [-0.25, -0.2) is 4.98 Å². The molecular weight excluding hydrogens is 238 g/mol. The summed E-state index contributed by atoms with van der Waals surface area (Å²) in [4.78, 5) is 7.12. The van der Waals surface area contributed by atoms with Crippen molar-refractivity contribution in [2.24, 2.45) is 0 Å². The molecule has 0 spiro atoms. The maximum atomic E-state index is 5.76. The van der Waals surface area contributed by atoms with Gasteiger partial charge in [-0.15, -0.1) is 0 Å². The first-order valence-electron chi connectivity index (χ1n) is 6.93. The van der Waals surface area contributed by atoms with Crippen LogP contribution in [0.5, 0.6) is 0 Å². The zero-order valence-corrected chi connectivity index (χ0v) is 11.8. The van der Waals surface area contributed by atoms with Crippen molar-refractivity contribution in [1.82, 2.24) is 14.3 Å². The molecule has 0 unspecified atom stereocenters. The van der Waals surface area contributed by atoms with Crippen molar-refractivity contribution in [2.75, 3.05) is 13.1 Å². The number of pyridine rings is 1. The van der Waals surface area contributed by atoms with E-state index in [1.807, 2.05) is 0 Å². The highest BCUT2D eigenvalue weighted by atomic mass is 16.5. The molecule has 0 bridgehead atoms. The van der Waals surface area contributed by atoms with E-state index in [0.717, 1.165) is 31.0 Å². The molecule has 3 heterocycles. The molecule has 2 atom stereocenters. The predicted molar refractivity (Wildman–Crippen MR) is 75.2 cm³/mol. The predicted octanol–water partition coefficient (Wildman–Crippen LogP) is 2.25. The van der Waals surface area contributed by atoms with Crippen molar-refractivity contribution in [3.8, 4) is 0 Å². The van der Waals surface area contributed by atoms with Crippen LogP contribution in [0.2, 0.25) is 0 Å². The van der Waals surface area contributed by atoms with Crippen LogP contribution in [0.4, 0.5) is 0 Å². The fourth-order valence-electron chi connectivity index (χ4n) is 2.92. The number of nitrogens with zero attached hydrogens (tertiary/aromatic N) is 3. The zero-order valence-electron chi connectivity index (χ0n) is 11.8. The first-order chi connectivity index (χ1) is 9.11. The molecule has 19 heavy (non-hydrogen) atoms. The van der Waals surface area contributed by atoms with Gasteiger partial charge in [0.05, 0.1) is 17.9 Å². The lowest BCUT2D eigenvalue weighted by molar-refractivity contribution is -0.0707. The van der Waals surface area contributed by atoms with E-state index in [1.165, 1.54) is 5.69 Å². The van der Waals surface area contributed by atoms with E-state index in [9.17, 15) is 0 Å². The first-order valence-corrected chi connectivity index (χ1v) is 6.93. The third-order valence-electron chi connectivity index (χ3n) is 3.63. The van der Waals surface area contributed by atoms with Crippen LogP contribution in [0.1, 0.15) is 25.2 Å². The highest BCUT2D eigenvalue weighted by Gasteiger charge is 2.22. The smallest absolute Gasteiger partial charge is 0.137 e. The van der Waals surface area contributed by atoms with Crippen LogP contribution in [0.25, 0.3) is 5.65 Å². The summed E-state index contributed by atoms with van der Waals surface area (Å²) in [5.74, 6) is 0.